The van der Waals surface area contributed by atoms with E-state index in [2.05, 4.69) is 4.74 Å². The largest absolute Gasteiger partial charge is 0.508 e. The maximum atomic E-state index is 11.3. The molecule has 5 heteroatoms. The number of esters is 1. The Labute approximate surface area is 113 Å². The van der Waals surface area contributed by atoms with Gasteiger partial charge in [-0.15, -0.1) is 0 Å². The van der Waals surface area contributed by atoms with Crippen LogP contribution < -0.4 is 5.73 Å². The fraction of sp³-hybridized carbons (Fsp3) is 0.500. The van der Waals surface area contributed by atoms with Crippen molar-refractivity contribution >= 4 is 5.97 Å². The van der Waals surface area contributed by atoms with Crippen LogP contribution in [0, 0.1) is 5.92 Å². The Balaban J connectivity index is 2.79. The smallest absolute Gasteiger partial charge is 0.322 e. The zero-order valence-electron chi connectivity index (χ0n) is 11.5. The number of aromatic hydroxyl groups is 2. The molecule has 0 spiro atoms. The molecule has 0 aromatic heterocycles. The number of phenolic OH excluding ortho intramolecular Hbond substituents is 2. The summed E-state index contributed by atoms with van der Waals surface area (Å²) in [6, 6.07) is 3.73. The summed E-state index contributed by atoms with van der Waals surface area (Å²) >= 11 is 0. The molecule has 4 N–H and O–H groups in total. The van der Waals surface area contributed by atoms with Crippen molar-refractivity contribution in [1.29, 1.82) is 0 Å². The van der Waals surface area contributed by atoms with Crippen molar-refractivity contribution in [2.75, 3.05) is 7.11 Å². The minimum absolute atomic E-state index is 0.0391. The first-order chi connectivity index (χ1) is 8.86. The number of benzene rings is 1. The molecule has 1 rings (SSSR count). The van der Waals surface area contributed by atoms with Gasteiger partial charge in [-0.3, -0.25) is 4.79 Å². The van der Waals surface area contributed by atoms with Crippen molar-refractivity contribution in [3.8, 4) is 11.5 Å². The topological polar surface area (TPSA) is 92.8 Å². The summed E-state index contributed by atoms with van der Waals surface area (Å²) in [4.78, 5) is 11.3. The molecule has 0 heterocycles. The summed E-state index contributed by atoms with van der Waals surface area (Å²) in [6.45, 7) is 3.86. The molecule has 0 bridgehead atoms. The Hall–Kier alpha value is -1.75. The molecule has 1 aromatic rings. The predicted octanol–water partition coefficient (Wildman–Crippen LogP) is 1.73. The number of carbonyl (C=O) groups is 1. The van der Waals surface area contributed by atoms with Gasteiger partial charge in [0, 0.05) is 5.56 Å². The van der Waals surface area contributed by atoms with E-state index in [9.17, 15) is 15.0 Å². The predicted molar refractivity (Wildman–Crippen MR) is 72.0 cm³/mol. The van der Waals surface area contributed by atoms with E-state index < -0.39 is 12.0 Å². The fourth-order valence-electron chi connectivity index (χ4n) is 2.07. The molecule has 0 aliphatic carbocycles. The zero-order chi connectivity index (χ0) is 14.6. The van der Waals surface area contributed by atoms with Crippen LogP contribution in [0.2, 0.25) is 0 Å². The van der Waals surface area contributed by atoms with Gasteiger partial charge in [-0.25, -0.2) is 0 Å². The number of hydrogen-bond donors (Lipinski definition) is 3. The van der Waals surface area contributed by atoms with Crippen molar-refractivity contribution in [2.45, 2.75) is 32.2 Å². The maximum Gasteiger partial charge on any atom is 0.322 e. The van der Waals surface area contributed by atoms with Gasteiger partial charge >= 0.3 is 5.97 Å². The van der Waals surface area contributed by atoms with Crippen LogP contribution in [0.1, 0.15) is 31.7 Å². The first kappa shape index (κ1) is 15.3. The second kappa shape index (κ2) is 6.43. The average molecular weight is 267 g/mol. The third-order valence-electron chi connectivity index (χ3n) is 3.48. The lowest BCUT2D eigenvalue weighted by atomic mass is 9.84. The minimum Gasteiger partial charge on any atom is -0.508 e. The Morgan fingerprint density at radius 1 is 1.37 bits per heavy atom. The average Bonchev–Trinajstić information content (AvgIpc) is 2.39. The number of nitrogens with two attached hydrogens (primary N) is 1. The van der Waals surface area contributed by atoms with Gasteiger partial charge < -0.3 is 20.7 Å². The van der Waals surface area contributed by atoms with Crippen LogP contribution in [0.25, 0.3) is 0 Å². The molecular weight excluding hydrogens is 246 g/mol. The van der Waals surface area contributed by atoms with Crippen LogP contribution >= 0.6 is 0 Å². The Bertz CT molecular complexity index is 447. The van der Waals surface area contributed by atoms with E-state index >= 15 is 0 Å². The van der Waals surface area contributed by atoms with E-state index in [0.29, 0.717) is 12.0 Å². The third kappa shape index (κ3) is 3.86. The Kier molecular flexibility index (Phi) is 5.18. The molecule has 0 saturated carbocycles. The van der Waals surface area contributed by atoms with E-state index in [1.54, 1.807) is 0 Å². The van der Waals surface area contributed by atoms with Gasteiger partial charge in [0.05, 0.1) is 7.11 Å². The van der Waals surface area contributed by atoms with Crippen molar-refractivity contribution in [2.24, 2.45) is 11.7 Å². The number of carbonyl (C=O) groups excluding carboxylic acids is 1. The van der Waals surface area contributed by atoms with E-state index in [0.717, 1.165) is 0 Å². The molecule has 106 valence electrons. The van der Waals surface area contributed by atoms with Crippen LogP contribution in [-0.2, 0) is 9.53 Å². The molecule has 1 aromatic carbocycles. The number of ether oxygens (including phenoxy) is 1. The van der Waals surface area contributed by atoms with Crippen LogP contribution in [0.4, 0.5) is 0 Å². The Morgan fingerprint density at radius 2 is 2.00 bits per heavy atom. The summed E-state index contributed by atoms with van der Waals surface area (Å²) in [5, 5.41) is 19.3. The third-order valence-corrected chi connectivity index (χ3v) is 3.48. The number of hydrogen-bond acceptors (Lipinski definition) is 5. The second-order valence-corrected chi connectivity index (χ2v) is 4.87. The molecule has 3 atom stereocenters. The van der Waals surface area contributed by atoms with Gasteiger partial charge in [-0.05, 0) is 36.5 Å². The molecule has 0 fully saturated rings. The molecule has 5 nitrogen and oxygen atoms in total. The van der Waals surface area contributed by atoms with Crippen molar-refractivity contribution in [3.63, 3.8) is 0 Å². The normalized spacial score (nSPS) is 15.6. The quantitative estimate of drug-likeness (QED) is 0.558. The van der Waals surface area contributed by atoms with Gasteiger partial charge in [0.1, 0.15) is 17.5 Å². The van der Waals surface area contributed by atoms with Gasteiger partial charge in [0.15, 0.2) is 0 Å². The maximum absolute atomic E-state index is 11.3. The summed E-state index contributed by atoms with van der Waals surface area (Å²) in [5.41, 5.74) is 6.37. The monoisotopic (exact) mass is 267 g/mol. The van der Waals surface area contributed by atoms with Crippen LogP contribution in [0.3, 0.4) is 0 Å². The SMILES string of the molecule is COC(=O)C(N)CC(C)C(C)c1cc(O)ccc1O. The van der Waals surface area contributed by atoms with Crippen molar-refractivity contribution in [3.05, 3.63) is 23.8 Å². The second-order valence-electron chi connectivity index (χ2n) is 4.87. The molecule has 0 radical (unpaired) electrons. The Morgan fingerprint density at radius 3 is 2.58 bits per heavy atom. The van der Waals surface area contributed by atoms with Crippen molar-refractivity contribution in [1.82, 2.24) is 0 Å². The van der Waals surface area contributed by atoms with E-state index in [-0.39, 0.29) is 23.3 Å². The van der Waals surface area contributed by atoms with Gasteiger partial charge in [-0.2, -0.15) is 0 Å². The first-order valence-corrected chi connectivity index (χ1v) is 6.22. The van der Waals surface area contributed by atoms with Crippen LogP contribution in [0.15, 0.2) is 18.2 Å². The molecule has 0 saturated heterocycles. The molecule has 0 aliphatic heterocycles. The first-order valence-electron chi connectivity index (χ1n) is 6.22. The summed E-state index contributed by atoms with van der Waals surface area (Å²) < 4.78 is 4.59. The number of methoxy groups -OCH3 is 1. The lowest BCUT2D eigenvalue weighted by molar-refractivity contribution is -0.142. The molecule has 19 heavy (non-hydrogen) atoms. The molecule has 0 amide bonds. The molecular formula is C14H21NO4. The molecule has 3 unspecified atom stereocenters. The van der Waals surface area contributed by atoms with Gasteiger partial charge in [0.2, 0.25) is 0 Å². The fourth-order valence-corrected chi connectivity index (χ4v) is 2.07. The van der Waals surface area contributed by atoms with E-state index in [4.69, 9.17) is 5.73 Å². The summed E-state index contributed by atoms with van der Waals surface area (Å²) in [7, 11) is 1.30. The van der Waals surface area contributed by atoms with Gasteiger partial charge in [0.25, 0.3) is 0 Å². The zero-order valence-corrected chi connectivity index (χ0v) is 11.5. The van der Waals surface area contributed by atoms with E-state index in [1.165, 1.54) is 25.3 Å². The lowest BCUT2D eigenvalue weighted by Crippen LogP contribution is -2.34. The van der Waals surface area contributed by atoms with Gasteiger partial charge in [-0.1, -0.05) is 13.8 Å². The highest BCUT2D eigenvalue weighted by Gasteiger charge is 2.23. The lowest BCUT2D eigenvalue weighted by Gasteiger charge is -2.23. The van der Waals surface area contributed by atoms with Crippen molar-refractivity contribution < 1.29 is 19.7 Å². The summed E-state index contributed by atoms with van der Waals surface area (Å²) in [5.74, 6) is -0.198. The minimum atomic E-state index is -0.679. The van der Waals surface area contributed by atoms with Crippen LogP contribution in [-0.4, -0.2) is 29.3 Å². The number of phenols is 2. The van der Waals surface area contributed by atoms with E-state index in [1.807, 2.05) is 13.8 Å². The highest BCUT2D eigenvalue weighted by atomic mass is 16.5. The molecule has 0 aliphatic rings. The standard InChI is InChI=1S/C14H21NO4/c1-8(6-12(15)14(18)19-3)9(2)11-7-10(16)4-5-13(11)17/h4-5,7-9,12,16-17H,6,15H2,1-3H3. The summed E-state index contributed by atoms with van der Waals surface area (Å²) in [6.07, 6.45) is 0.447. The highest BCUT2D eigenvalue weighted by molar-refractivity contribution is 5.75. The number of rotatable bonds is 5. The van der Waals surface area contributed by atoms with Crippen LogP contribution in [0.5, 0.6) is 11.5 Å². The highest BCUT2D eigenvalue weighted by Crippen LogP contribution is 2.35.